The summed E-state index contributed by atoms with van der Waals surface area (Å²) in [6, 6.07) is 0. The molecule has 0 radical (unpaired) electrons. The van der Waals surface area contributed by atoms with Crippen LogP contribution in [0.5, 0.6) is 0 Å². The van der Waals surface area contributed by atoms with Gasteiger partial charge < -0.3 is 9.47 Å². The van der Waals surface area contributed by atoms with Crippen LogP contribution in [0.4, 0.5) is 0 Å². The van der Waals surface area contributed by atoms with Gasteiger partial charge in [0.2, 0.25) is 0 Å². The Bertz CT molecular complexity index is 272. The van der Waals surface area contributed by atoms with E-state index in [0.29, 0.717) is 13.2 Å². The maximum atomic E-state index is 10.6. The van der Waals surface area contributed by atoms with E-state index in [2.05, 4.69) is 24.8 Å². The largest absolute Gasteiger partial charge is 0.463 e. The van der Waals surface area contributed by atoms with E-state index in [4.69, 9.17) is 4.74 Å². The van der Waals surface area contributed by atoms with Gasteiger partial charge >= 0.3 is 11.9 Å². The topological polar surface area (TPSA) is 52.6 Å². The van der Waals surface area contributed by atoms with Crippen molar-refractivity contribution in [2.75, 3.05) is 13.2 Å². The Morgan fingerprint density at radius 1 is 0.800 bits per heavy atom. The average Bonchev–Trinajstić information content (AvgIpc) is 2.48. The van der Waals surface area contributed by atoms with Crippen LogP contribution < -0.4 is 0 Å². The molecule has 0 aliphatic carbocycles. The number of ether oxygens (including phenoxy) is 2. The van der Waals surface area contributed by atoms with E-state index in [-0.39, 0.29) is 11.9 Å². The summed E-state index contributed by atoms with van der Waals surface area (Å²) in [5.74, 6) is -0.655. The lowest BCUT2D eigenvalue weighted by molar-refractivity contribution is -0.138. The Kier molecular flexibility index (Phi) is 18.1. The molecule has 116 valence electrons. The van der Waals surface area contributed by atoms with E-state index < -0.39 is 0 Å². The molecule has 0 aliphatic heterocycles. The van der Waals surface area contributed by atoms with Crippen LogP contribution >= 0.6 is 0 Å². The molecule has 0 aliphatic rings. The Labute approximate surface area is 122 Å². The molecule has 4 nitrogen and oxygen atoms in total. The van der Waals surface area contributed by atoms with Crippen LogP contribution in [-0.4, -0.2) is 25.2 Å². The lowest BCUT2D eigenvalue weighted by atomic mass is 10.2. The van der Waals surface area contributed by atoms with Crippen molar-refractivity contribution in [1.29, 1.82) is 0 Å². The van der Waals surface area contributed by atoms with Crippen molar-refractivity contribution >= 4 is 11.9 Å². The maximum Gasteiger partial charge on any atom is 0.330 e. The van der Waals surface area contributed by atoms with Gasteiger partial charge in [0.05, 0.1) is 13.2 Å². The summed E-state index contributed by atoms with van der Waals surface area (Å²) >= 11 is 0. The zero-order chi connectivity index (χ0) is 15.6. The summed E-state index contributed by atoms with van der Waals surface area (Å²) < 4.78 is 9.40. The molecule has 0 spiro atoms. The second-order valence-corrected chi connectivity index (χ2v) is 4.16. The number of hydrogen-bond donors (Lipinski definition) is 0. The first kappa shape index (κ1) is 20.7. The molecule has 0 saturated heterocycles. The third-order valence-corrected chi connectivity index (χ3v) is 2.27. The molecule has 0 fully saturated rings. The van der Waals surface area contributed by atoms with Crippen LogP contribution in [0, 0.1) is 0 Å². The number of esters is 2. The normalized spacial score (nSPS) is 8.90. The van der Waals surface area contributed by atoms with Gasteiger partial charge in [0.25, 0.3) is 0 Å². The molecular weight excluding hydrogens is 256 g/mol. The van der Waals surface area contributed by atoms with Gasteiger partial charge in [-0.05, 0) is 12.8 Å². The molecule has 0 bridgehead atoms. The van der Waals surface area contributed by atoms with Gasteiger partial charge in [-0.2, -0.15) is 0 Å². The van der Waals surface area contributed by atoms with Crippen LogP contribution in [0.15, 0.2) is 25.3 Å². The van der Waals surface area contributed by atoms with Crippen molar-refractivity contribution < 1.29 is 19.1 Å². The predicted octanol–water partition coefficient (Wildman–Crippen LogP) is 3.81. The predicted molar refractivity (Wildman–Crippen MR) is 81.4 cm³/mol. The highest BCUT2D eigenvalue weighted by Crippen LogP contribution is 2.02. The van der Waals surface area contributed by atoms with Gasteiger partial charge in [0, 0.05) is 12.2 Å². The quantitative estimate of drug-likeness (QED) is 0.348. The molecule has 0 aromatic rings. The molecule has 20 heavy (non-hydrogen) atoms. The van der Waals surface area contributed by atoms with E-state index >= 15 is 0 Å². The molecular formula is C16H28O4. The number of carbonyl (C=O) groups excluding carboxylic acids is 2. The van der Waals surface area contributed by atoms with E-state index in [1.54, 1.807) is 0 Å². The van der Waals surface area contributed by atoms with Crippen molar-refractivity contribution in [2.45, 2.75) is 52.4 Å². The van der Waals surface area contributed by atoms with Gasteiger partial charge in [-0.15, -0.1) is 0 Å². The monoisotopic (exact) mass is 284 g/mol. The van der Waals surface area contributed by atoms with Gasteiger partial charge in [0.1, 0.15) is 0 Å². The first-order valence-corrected chi connectivity index (χ1v) is 7.20. The molecule has 0 heterocycles. The molecule has 0 saturated carbocycles. The molecule has 0 atom stereocenters. The van der Waals surface area contributed by atoms with Gasteiger partial charge in [-0.1, -0.05) is 52.7 Å². The minimum Gasteiger partial charge on any atom is -0.463 e. The van der Waals surface area contributed by atoms with Crippen molar-refractivity contribution in [3.8, 4) is 0 Å². The number of rotatable bonds is 10. The molecule has 0 rings (SSSR count). The second kappa shape index (κ2) is 17.4. The smallest absolute Gasteiger partial charge is 0.330 e. The highest BCUT2D eigenvalue weighted by atomic mass is 16.5. The van der Waals surface area contributed by atoms with Crippen molar-refractivity contribution in [3.63, 3.8) is 0 Å². The minimum absolute atomic E-state index is 0.314. The van der Waals surface area contributed by atoms with Crippen LogP contribution in [0.1, 0.15) is 52.4 Å². The summed E-state index contributed by atoms with van der Waals surface area (Å²) in [5.41, 5.74) is 0. The third-order valence-electron chi connectivity index (χ3n) is 2.27. The Balaban J connectivity index is 0. The number of carbonyl (C=O) groups is 2. The van der Waals surface area contributed by atoms with Crippen molar-refractivity contribution in [1.82, 2.24) is 0 Å². The van der Waals surface area contributed by atoms with Crippen LogP contribution in [0.2, 0.25) is 0 Å². The van der Waals surface area contributed by atoms with Crippen LogP contribution in [0.3, 0.4) is 0 Å². The van der Waals surface area contributed by atoms with E-state index in [9.17, 15) is 9.59 Å². The fraction of sp³-hybridized carbons (Fsp3) is 0.625. The second-order valence-electron chi connectivity index (χ2n) is 4.16. The molecule has 0 aromatic carbocycles. The zero-order valence-corrected chi connectivity index (χ0v) is 12.9. The maximum absolute atomic E-state index is 10.6. The third kappa shape index (κ3) is 18.8. The molecule has 0 unspecified atom stereocenters. The lowest BCUT2D eigenvalue weighted by Crippen LogP contribution is -2.01. The zero-order valence-electron chi connectivity index (χ0n) is 12.9. The number of hydrogen-bond acceptors (Lipinski definition) is 4. The molecule has 0 amide bonds. The Hall–Kier alpha value is -1.58. The van der Waals surface area contributed by atoms with E-state index in [1.807, 2.05) is 6.92 Å². The highest BCUT2D eigenvalue weighted by Gasteiger charge is 1.94. The first-order chi connectivity index (χ1) is 9.62. The fourth-order valence-corrected chi connectivity index (χ4v) is 1.20. The fourth-order valence-electron chi connectivity index (χ4n) is 1.20. The molecule has 0 aromatic heterocycles. The van der Waals surface area contributed by atoms with Gasteiger partial charge in [0.15, 0.2) is 0 Å². The summed E-state index contributed by atoms with van der Waals surface area (Å²) in [7, 11) is 0. The standard InChI is InChI=1S/C10H18O2.C6H10O2/c1-3-5-6-7-8-9-12-10(11)4-2;1-3-5-8-6(7)4-2/h4H,2-3,5-9H2,1H3;4H,2-3,5H2,1H3. The van der Waals surface area contributed by atoms with Gasteiger partial charge in [-0.25, -0.2) is 9.59 Å². The van der Waals surface area contributed by atoms with Crippen LogP contribution in [-0.2, 0) is 19.1 Å². The summed E-state index contributed by atoms with van der Waals surface area (Å²) in [5, 5.41) is 0. The van der Waals surface area contributed by atoms with E-state index in [0.717, 1.165) is 25.3 Å². The van der Waals surface area contributed by atoms with Crippen molar-refractivity contribution in [3.05, 3.63) is 25.3 Å². The van der Waals surface area contributed by atoms with Crippen molar-refractivity contribution in [2.24, 2.45) is 0 Å². The van der Waals surface area contributed by atoms with Crippen LogP contribution in [0.25, 0.3) is 0 Å². The van der Waals surface area contributed by atoms with Gasteiger partial charge in [-0.3, -0.25) is 0 Å². The van der Waals surface area contributed by atoms with E-state index in [1.165, 1.54) is 25.3 Å². The summed E-state index contributed by atoms with van der Waals surface area (Å²) in [6.45, 7) is 11.7. The average molecular weight is 284 g/mol. The highest BCUT2D eigenvalue weighted by molar-refractivity contribution is 5.81. The molecule has 0 N–H and O–H groups in total. The summed E-state index contributed by atoms with van der Waals surface area (Å²) in [4.78, 5) is 20.8. The first-order valence-electron chi connectivity index (χ1n) is 7.20. The minimum atomic E-state index is -0.341. The summed E-state index contributed by atoms with van der Waals surface area (Å²) in [6.07, 6.45) is 9.10. The SMILES string of the molecule is C=CC(=O)OCCC.C=CC(=O)OCCCCCCC. The Morgan fingerprint density at radius 2 is 1.30 bits per heavy atom. The Morgan fingerprint density at radius 3 is 1.75 bits per heavy atom. The lowest BCUT2D eigenvalue weighted by Gasteiger charge is -2.00. The number of unbranched alkanes of at least 4 members (excludes halogenated alkanes) is 4. The molecule has 4 heteroatoms.